The van der Waals surface area contributed by atoms with Crippen molar-refractivity contribution in [2.45, 2.75) is 12.8 Å². The summed E-state index contributed by atoms with van der Waals surface area (Å²) >= 11 is 1.41. The topological polar surface area (TPSA) is 64.8 Å². The molecular formula is C18H22N2O3S. The lowest BCUT2D eigenvalue weighted by Gasteiger charge is -2.32. The number of ether oxygens (including phenoxy) is 2. The smallest absolute Gasteiger partial charge is 0.266 e. The van der Waals surface area contributed by atoms with Crippen LogP contribution in [0.15, 0.2) is 35.7 Å². The van der Waals surface area contributed by atoms with Gasteiger partial charge in [-0.25, -0.2) is 0 Å². The summed E-state index contributed by atoms with van der Waals surface area (Å²) in [5.41, 5.74) is 6.44. The maximum atomic E-state index is 12.6. The molecule has 0 spiro atoms. The minimum atomic E-state index is 0.0357. The van der Waals surface area contributed by atoms with E-state index in [9.17, 15) is 4.79 Å². The van der Waals surface area contributed by atoms with E-state index in [2.05, 4.69) is 0 Å². The molecule has 1 atom stereocenters. The first-order chi connectivity index (χ1) is 11.7. The number of rotatable bonds is 5. The number of anilines is 1. The van der Waals surface area contributed by atoms with Crippen LogP contribution in [0.25, 0.3) is 0 Å². The first kappa shape index (κ1) is 16.6. The first-order valence-electron chi connectivity index (χ1n) is 8.06. The predicted octanol–water partition coefficient (Wildman–Crippen LogP) is 3.27. The molecule has 128 valence electrons. The number of methoxy groups -OCH3 is 1. The van der Waals surface area contributed by atoms with E-state index < -0.39 is 0 Å². The molecule has 2 N–H and O–H groups in total. The molecule has 1 amide bonds. The van der Waals surface area contributed by atoms with E-state index in [4.69, 9.17) is 15.2 Å². The molecule has 2 heterocycles. The van der Waals surface area contributed by atoms with Crippen LogP contribution in [-0.4, -0.2) is 37.6 Å². The molecule has 1 fully saturated rings. The van der Waals surface area contributed by atoms with Crippen LogP contribution in [0.4, 0.5) is 5.69 Å². The van der Waals surface area contributed by atoms with Crippen LogP contribution in [0, 0.1) is 5.92 Å². The van der Waals surface area contributed by atoms with E-state index in [0.29, 0.717) is 29.6 Å². The van der Waals surface area contributed by atoms with Gasteiger partial charge in [-0.3, -0.25) is 4.79 Å². The molecule has 1 unspecified atom stereocenters. The van der Waals surface area contributed by atoms with E-state index in [1.54, 1.807) is 13.2 Å². The molecule has 1 aliphatic rings. The number of nitrogen functional groups attached to an aromatic ring is 1. The molecule has 0 bridgehead atoms. The van der Waals surface area contributed by atoms with Gasteiger partial charge >= 0.3 is 0 Å². The second kappa shape index (κ2) is 7.57. The maximum absolute atomic E-state index is 12.6. The summed E-state index contributed by atoms with van der Waals surface area (Å²) in [6.07, 6.45) is 2.05. The van der Waals surface area contributed by atoms with Gasteiger partial charge in [0.1, 0.15) is 16.4 Å². The average Bonchev–Trinajstić information content (AvgIpc) is 3.05. The van der Waals surface area contributed by atoms with E-state index in [0.717, 1.165) is 30.9 Å². The van der Waals surface area contributed by atoms with Crippen molar-refractivity contribution in [1.82, 2.24) is 4.90 Å². The summed E-state index contributed by atoms with van der Waals surface area (Å²) in [5.74, 6) is 1.94. The van der Waals surface area contributed by atoms with Crippen molar-refractivity contribution in [3.8, 4) is 11.5 Å². The standard InChI is InChI=1S/C18H22N2O3S/c1-22-14-5-2-6-15(10-14)23-12-13-4-3-8-20(11-13)18(21)17-16(19)7-9-24-17/h2,5-7,9-10,13H,3-4,8,11-12,19H2,1H3. The first-order valence-corrected chi connectivity index (χ1v) is 8.94. The molecule has 24 heavy (non-hydrogen) atoms. The molecular weight excluding hydrogens is 324 g/mol. The lowest BCUT2D eigenvalue weighted by atomic mass is 9.99. The second-order valence-corrected chi connectivity index (χ2v) is 6.87. The van der Waals surface area contributed by atoms with Gasteiger partial charge in [0.2, 0.25) is 0 Å². The Morgan fingerprint density at radius 1 is 1.38 bits per heavy atom. The Labute approximate surface area is 146 Å². The molecule has 3 rings (SSSR count). The van der Waals surface area contributed by atoms with Gasteiger partial charge < -0.3 is 20.1 Å². The number of hydrogen-bond donors (Lipinski definition) is 1. The zero-order valence-corrected chi connectivity index (χ0v) is 14.6. The van der Waals surface area contributed by atoms with Crippen molar-refractivity contribution in [2.24, 2.45) is 5.92 Å². The number of nitrogens with two attached hydrogens (primary N) is 1. The lowest BCUT2D eigenvalue weighted by molar-refractivity contribution is 0.0639. The number of thiophene rings is 1. The molecule has 0 aliphatic carbocycles. The Morgan fingerprint density at radius 2 is 2.21 bits per heavy atom. The summed E-state index contributed by atoms with van der Waals surface area (Å²) in [6.45, 7) is 2.09. The highest BCUT2D eigenvalue weighted by atomic mass is 32.1. The molecule has 5 nitrogen and oxygen atoms in total. The van der Waals surface area contributed by atoms with Gasteiger partial charge in [-0.05, 0) is 36.4 Å². The normalized spacial score (nSPS) is 17.5. The predicted molar refractivity (Wildman–Crippen MR) is 95.8 cm³/mol. The van der Waals surface area contributed by atoms with Crippen LogP contribution in [0.5, 0.6) is 11.5 Å². The fourth-order valence-corrected chi connectivity index (χ4v) is 3.71. The Balaban J connectivity index is 1.57. The summed E-state index contributed by atoms with van der Waals surface area (Å²) in [7, 11) is 1.64. The minimum Gasteiger partial charge on any atom is -0.497 e. The Morgan fingerprint density at radius 3 is 2.96 bits per heavy atom. The Hall–Kier alpha value is -2.21. The highest BCUT2D eigenvalue weighted by Gasteiger charge is 2.26. The van der Waals surface area contributed by atoms with Gasteiger partial charge in [0.15, 0.2) is 0 Å². The minimum absolute atomic E-state index is 0.0357. The van der Waals surface area contributed by atoms with Crippen LogP contribution >= 0.6 is 11.3 Å². The molecule has 0 radical (unpaired) electrons. The second-order valence-electron chi connectivity index (χ2n) is 5.95. The third-order valence-corrected chi connectivity index (χ3v) is 5.14. The molecule has 6 heteroatoms. The molecule has 1 saturated heterocycles. The highest BCUT2D eigenvalue weighted by molar-refractivity contribution is 7.12. The van der Waals surface area contributed by atoms with E-state index in [1.807, 2.05) is 34.5 Å². The van der Waals surface area contributed by atoms with Gasteiger partial charge in [-0.15, -0.1) is 11.3 Å². The monoisotopic (exact) mass is 346 g/mol. The van der Waals surface area contributed by atoms with Crippen LogP contribution in [0.2, 0.25) is 0 Å². The zero-order valence-electron chi connectivity index (χ0n) is 13.7. The molecule has 1 aromatic heterocycles. The van der Waals surface area contributed by atoms with Crippen molar-refractivity contribution in [3.05, 3.63) is 40.6 Å². The fraction of sp³-hybridized carbons (Fsp3) is 0.389. The quantitative estimate of drug-likeness (QED) is 0.902. The molecule has 0 saturated carbocycles. The van der Waals surface area contributed by atoms with Crippen molar-refractivity contribution in [1.29, 1.82) is 0 Å². The van der Waals surface area contributed by atoms with Crippen molar-refractivity contribution < 1.29 is 14.3 Å². The van der Waals surface area contributed by atoms with Gasteiger partial charge in [-0.1, -0.05) is 6.07 Å². The summed E-state index contributed by atoms with van der Waals surface area (Å²) < 4.78 is 11.1. The van der Waals surface area contributed by atoms with Crippen LogP contribution in [0.1, 0.15) is 22.5 Å². The van der Waals surface area contributed by atoms with Crippen molar-refractivity contribution >= 4 is 22.9 Å². The average molecular weight is 346 g/mol. The van der Waals surface area contributed by atoms with Crippen LogP contribution in [0.3, 0.4) is 0 Å². The van der Waals surface area contributed by atoms with Gasteiger partial charge in [-0.2, -0.15) is 0 Å². The fourth-order valence-electron chi connectivity index (χ4n) is 2.93. The zero-order chi connectivity index (χ0) is 16.9. The molecule has 2 aromatic rings. The summed E-state index contributed by atoms with van der Waals surface area (Å²) in [6, 6.07) is 9.37. The number of carbonyl (C=O) groups excluding carboxylic acids is 1. The number of amides is 1. The summed E-state index contributed by atoms with van der Waals surface area (Å²) in [5, 5.41) is 1.86. The lowest BCUT2D eigenvalue weighted by Crippen LogP contribution is -2.41. The molecule has 1 aliphatic heterocycles. The maximum Gasteiger partial charge on any atom is 0.266 e. The number of benzene rings is 1. The third kappa shape index (κ3) is 3.82. The third-order valence-electron chi connectivity index (χ3n) is 4.22. The molecule has 1 aromatic carbocycles. The Kier molecular flexibility index (Phi) is 5.25. The van der Waals surface area contributed by atoms with E-state index in [1.165, 1.54) is 11.3 Å². The number of carbonyl (C=O) groups is 1. The number of nitrogens with zero attached hydrogens (tertiary/aromatic N) is 1. The van der Waals surface area contributed by atoms with Crippen LogP contribution < -0.4 is 15.2 Å². The van der Waals surface area contributed by atoms with Gasteiger partial charge in [0.05, 0.1) is 19.4 Å². The van der Waals surface area contributed by atoms with Crippen molar-refractivity contribution in [3.63, 3.8) is 0 Å². The van der Waals surface area contributed by atoms with Crippen molar-refractivity contribution in [2.75, 3.05) is 32.5 Å². The number of likely N-dealkylation sites (tertiary alicyclic amines) is 1. The largest absolute Gasteiger partial charge is 0.497 e. The van der Waals surface area contributed by atoms with E-state index >= 15 is 0 Å². The number of piperidine rings is 1. The van der Waals surface area contributed by atoms with Gasteiger partial charge in [0.25, 0.3) is 5.91 Å². The van der Waals surface area contributed by atoms with Gasteiger partial charge in [0, 0.05) is 25.1 Å². The summed E-state index contributed by atoms with van der Waals surface area (Å²) in [4.78, 5) is 15.1. The van der Waals surface area contributed by atoms with E-state index in [-0.39, 0.29) is 5.91 Å². The highest BCUT2D eigenvalue weighted by Crippen LogP contribution is 2.25. The Bertz CT molecular complexity index is 701. The number of hydrogen-bond acceptors (Lipinski definition) is 5. The SMILES string of the molecule is COc1cccc(OCC2CCCN(C(=O)c3sccc3N)C2)c1. The van der Waals surface area contributed by atoms with Crippen LogP contribution in [-0.2, 0) is 0 Å².